The number of halogens is 1. The molecule has 0 bridgehead atoms. The molecule has 0 aromatic carbocycles. The van der Waals surface area contributed by atoms with Crippen molar-refractivity contribution in [3.05, 3.63) is 21.3 Å². The van der Waals surface area contributed by atoms with Gasteiger partial charge in [0.15, 0.2) is 0 Å². The van der Waals surface area contributed by atoms with Crippen LogP contribution in [-0.4, -0.2) is 29.6 Å². The lowest BCUT2D eigenvalue weighted by molar-refractivity contribution is 0.0402. The molecule has 1 aliphatic heterocycles. The van der Waals surface area contributed by atoms with Gasteiger partial charge in [0, 0.05) is 36.1 Å². The summed E-state index contributed by atoms with van der Waals surface area (Å²) in [6.07, 6.45) is 5.48. The molecule has 1 unspecified atom stereocenters. The summed E-state index contributed by atoms with van der Waals surface area (Å²) < 4.78 is 0.911. The fraction of sp³-hybridized carbons (Fsp3) is 0.714. The number of nitrogens with one attached hydrogen (secondary N) is 1. The maximum absolute atomic E-state index is 6.05. The molecule has 2 nitrogen and oxygen atoms in total. The Kier molecular flexibility index (Phi) is 3.68. The van der Waals surface area contributed by atoms with Gasteiger partial charge in [0.1, 0.15) is 0 Å². The van der Waals surface area contributed by atoms with Gasteiger partial charge in [-0.25, -0.2) is 0 Å². The SMILES string of the molecule is CC1CN(Cc2ccc(Cl)s2)C2(CCCC2)CN1. The zero-order valence-electron chi connectivity index (χ0n) is 10.9. The second-order valence-electron chi connectivity index (χ2n) is 5.80. The molecule has 2 fully saturated rings. The van der Waals surface area contributed by atoms with Gasteiger partial charge in [-0.05, 0) is 31.9 Å². The van der Waals surface area contributed by atoms with Crippen LogP contribution in [-0.2, 0) is 6.54 Å². The van der Waals surface area contributed by atoms with E-state index >= 15 is 0 Å². The molecule has 2 aliphatic rings. The molecule has 1 spiro atoms. The average molecular weight is 285 g/mol. The topological polar surface area (TPSA) is 15.3 Å². The molecule has 1 aliphatic carbocycles. The van der Waals surface area contributed by atoms with Crippen LogP contribution in [0, 0.1) is 0 Å². The average Bonchev–Trinajstić information content (AvgIpc) is 2.95. The summed E-state index contributed by atoms with van der Waals surface area (Å²) in [5.41, 5.74) is 0.420. The Morgan fingerprint density at radius 1 is 1.44 bits per heavy atom. The Hall–Kier alpha value is -0.0900. The Morgan fingerprint density at radius 3 is 2.89 bits per heavy atom. The highest BCUT2D eigenvalue weighted by atomic mass is 35.5. The maximum atomic E-state index is 6.05. The van der Waals surface area contributed by atoms with Gasteiger partial charge in [-0.15, -0.1) is 11.3 Å². The van der Waals surface area contributed by atoms with Crippen LogP contribution in [0.4, 0.5) is 0 Å². The lowest BCUT2D eigenvalue weighted by atomic mass is 9.91. The van der Waals surface area contributed by atoms with Crippen LogP contribution in [0.1, 0.15) is 37.5 Å². The van der Waals surface area contributed by atoms with Gasteiger partial charge in [-0.3, -0.25) is 4.90 Å². The van der Waals surface area contributed by atoms with Crippen molar-refractivity contribution in [2.24, 2.45) is 0 Å². The van der Waals surface area contributed by atoms with Crippen LogP contribution < -0.4 is 5.32 Å². The van der Waals surface area contributed by atoms with Crippen molar-refractivity contribution in [1.29, 1.82) is 0 Å². The van der Waals surface area contributed by atoms with E-state index in [1.54, 1.807) is 11.3 Å². The van der Waals surface area contributed by atoms with E-state index in [-0.39, 0.29) is 0 Å². The number of hydrogen-bond donors (Lipinski definition) is 1. The third-order valence-corrected chi connectivity index (χ3v) is 5.67. The van der Waals surface area contributed by atoms with Crippen LogP contribution in [0.15, 0.2) is 12.1 Å². The highest BCUT2D eigenvalue weighted by Crippen LogP contribution is 2.38. The van der Waals surface area contributed by atoms with Crippen LogP contribution in [0.5, 0.6) is 0 Å². The summed E-state index contributed by atoms with van der Waals surface area (Å²) in [4.78, 5) is 4.11. The first-order valence-corrected chi connectivity index (χ1v) is 8.10. The van der Waals surface area contributed by atoms with Crippen molar-refractivity contribution in [2.75, 3.05) is 13.1 Å². The third-order valence-electron chi connectivity index (χ3n) is 4.45. The highest BCUT2D eigenvalue weighted by Gasteiger charge is 2.42. The predicted molar refractivity (Wildman–Crippen MR) is 78.4 cm³/mol. The standard InChI is InChI=1S/C14H21ClN2S/c1-11-8-17(9-12-4-5-13(15)18-12)14(10-16-11)6-2-3-7-14/h4-5,11,16H,2-3,6-10H2,1H3. The number of rotatable bonds is 2. The van der Waals surface area contributed by atoms with Crippen molar-refractivity contribution in [3.63, 3.8) is 0 Å². The van der Waals surface area contributed by atoms with Gasteiger partial charge in [-0.2, -0.15) is 0 Å². The van der Waals surface area contributed by atoms with Crippen molar-refractivity contribution in [1.82, 2.24) is 10.2 Å². The normalized spacial score (nSPS) is 28.0. The second-order valence-corrected chi connectivity index (χ2v) is 7.60. The first kappa shape index (κ1) is 12.9. The molecule has 1 aromatic heterocycles. The molecule has 4 heteroatoms. The van der Waals surface area contributed by atoms with Crippen LogP contribution in [0.25, 0.3) is 0 Å². The second kappa shape index (κ2) is 5.12. The largest absolute Gasteiger partial charge is 0.311 e. The Bertz CT molecular complexity index is 412. The van der Waals surface area contributed by atoms with Crippen LogP contribution in [0.2, 0.25) is 4.34 Å². The fourth-order valence-corrected chi connectivity index (χ4v) is 4.55. The van der Waals surface area contributed by atoms with Crippen molar-refractivity contribution < 1.29 is 0 Å². The quantitative estimate of drug-likeness (QED) is 0.894. The molecule has 1 aromatic rings. The fourth-order valence-electron chi connectivity index (χ4n) is 3.45. The molecule has 1 saturated carbocycles. The minimum absolute atomic E-state index is 0.420. The van der Waals surface area contributed by atoms with E-state index in [1.807, 2.05) is 6.07 Å². The zero-order valence-corrected chi connectivity index (χ0v) is 12.5. The summed E-state index contributed by atoms with van der Waals surface area (Å²) >= 11 is 7.77. The van der Waals surface area contributed by atoms with Gasteiger partial charge in [0.25, 0.3) is 0 Å². The smallest absolute Gasteiger partial charge is 0.0931 e. The van der Waals surface area contributed by atoms with Gasteiger partial charge in [-0.1, -0.05) is 24.4 Å². The van der Waals surface area contributed by atoms with Crippen molar-refractivity contribution in [3.8, 4) is 0 Å². The Balaban J connectivity index is 1.77. The van der Waals surface area contributed by atoms with Crippen molar-refractivity contribution >= 4 is 22.9 Å². The number of thiophene rings is 1. The van der Waals surface area contributed by atoms with E-state index in [9.17, 15) is 0 Å². The summed E-state index contributed by atoms with van der Waals surface area (Å²) in [7, 11) is 0. The first-order chi connectivity index (χ1) is 8.68. The van der Waals surface area contributed by atoms with E-state index < -0.39 is 0 Å². The zero-order chi connectivity index (χ0) is 12.6. The van der Waals surface area contributed by atoms with E-state index in [4.69, 9.17) is 11.6 Å². The molecule has 100 valence electrons. The van der Waals surface area contributed by atoms with Gasteiger partial charge in [0.2, 0.25) is 0 Å². The highest BCUT2D eigenvalue weighted by molar-refractivity contribution is 7.16. The summed E-state index contributed by atoms with van der Waals surface area (Å²) in [6.45, 7) is 5.68. The van der Waals surface area contributed by atoms with Gasteiger partial charge < -0.3 is 5.32 Å². The van der Waals surface area contributed by atoms with Crippen LogP contribution >= 0.6 is 22.9 Å². The molecule has 18 heavy (non-hydrogen) atoms. The van der Waals surface area contributed by atoms with E-state index in [0.29, 0.717) is 11.6 Å². The monoisotopic (exact) mass is 284 g/mol. The lowest BCUT2D eigenvalue weighted by Crippen LogP contribution is -2.62. The van der Waals surface area contributed by atoms with E-state index in [2.05, 4.69) is 23.2 Å². The van der Waals surface area contributed by atoms with Gasteiger partial charge in [0.05, 0.1) is 4.34 Å². The van der Waals surface area contributed by atoms with Crippen molar-refractivity contribution in [2.45, 2.75) is 50.7 Å². The molecule has 1 saturated heterocycles. The first-order valence-electron chi connectivity index (χ1n) is 6.91. The Labute approximate surface area is 118 Å². The molecule has 1 atom stereocenters. The minimum Gasteiger partial charge on any atom is -0.311 e. The molecule has 3 rings (SSSR count). The van der Waals surface area contributed by atoms with Gasteiger partial charge >= 0.3 is 0 Å². The summed E-state index contributed by atoms with van der Waals surface area (Å²) in [5, 5.41) is 3.67. The summed E-state index contributed by atoms with van der Waals surface area (Å²) in [5.74, 6) is 0. The minimum atomic E-state index is 0.420. The Morgan fingerprint density at radius 2 is 2.22 bits per heavy atom. The van der Waals surface area contributed by atoms with E-state index in [1.165, 1.54) is 30.6 Å². The van der Waals surface area contributed by atoms with Crippen LogP contribution in [0.3, 0.4) is 0 Å². The van der Waals surface area contributed by atoms with E-state index in [0.717, 1.165) is 24.0 Å². The lowest BCUT2D eigenvalue weighted by Gasteiger charge is -2.47. The molecule has 2 heterocycles. The maximum Gasteiger partial charge on any atom is 0.0931 e. The molecule has 1 N–H and O–H groups in total. The molecule has 0 radical (unpaired) electrons. The summed E-state index contributed by atoms with van der Waals surface area (Å²) in [6, 6.07) is 4.81. The number of hydrogen-bond acceptors (Lipinski definition) is 3. The molecular formula is C14H21ClN2S. The number of piperazine rings is 1. The molecule has 0 amide bonds. The molecular weight excluding hydrogens is 264 g/mol. The number of nitrogens with zero attached hydrogens (tertiary/aromatic N) is 1. The third kappa shape index (κ3) is 2.46. The predicted octanol–water partition coefficient (Wildman–Crippen LogP) is 3.51.